The second kappa shape index (κ2) is 11.2. The number of benzene rings is 3. The van der Waals surface area contributed by atoms with Crippen LogP contribution in [0.25, 0.3) is 0 Å². The highest BCUT2D eigenvalue weighted by molar-refractivity contribution is 5.59. The van der Waals surface area contributed by atoms with Crippen molar-refractivity contribution in [2.24, 2.45) is 0 Å². The maximum atomic E-state index is 12.0. The van der Waals surface area contributed by atoms with Gasteiger partial charge in [0.05, 0.1) is 4.92 Å². The molecule has 0 aliphatic heterocycles. The van der Waals surface area contributed by atoms with Gasteiger partial charge in [-0.15, -0.1) is 0 Å². The monoisotopic (exact) mass is 547 g/mol. The SMILES string of the molecule is CC(C)(C)c1cc(C#Cc2ccc(C#Cc3cc(C(C)(C)C)cc(C(C)(C)C)c3)c([N+](=O)[O-])c2)cc(C(C)(C)C)c1. The molecular formula is C38H45NO2. The third-order valence-electron chi connectivity index (χ3n) is 7.22. The molecule has 3 nitrogen and oxygen atoms in total. The van der Waals surface area contributed by atoms with Gasteiger partial charge in [-0.2, -0.15) is 0 Å². The van der Waals surface area contributed by atoms with Crippen molar-refractivity contribution in [1.29, 1.82) is 0 Å². The van der Waals surface area contributed by atoms with Crippen LogP contribution in [-0.2, 0) is 21.7 Å². The molecule has 3 heteroatoms. The van der Waals surface area contributed by atoms with E-state index in [4.69, 9.17) is 0 Å². The zero-order valence-electron chi connectivity index (χ0n) is 27.0. The fraction of sp³-hybridized carbons (Fsp3) is 0.421. The first kappa shape index (κ1) is 31.7. The quantitative estimate of drug-likeness (QED) is 0.173. The van der Waals surface area contributed by atoms with E-state index >= 15 is 0 Å². The van der Waals surface area contributed by atoms with Crippen LogP contribution >= 0.6 is 0 Å². The lowest BCUT2D eigenvalue weighted by atomic mass is 9.79. The molecule has 3 rings (SSSR count). The molecule has 0 aliphatic rings. The molecule has 0 radical (unpaired) electrons. The molecule has 0 heterocycles. The Labute approximate surface area is 247 Å². The van der Waals surface area contributed by atoms with Gasteiger partial charge in [0.15, 0.2) is 0 Å². The number of nitro groups is 1. The van der Waals surface area contributed by atoms with Gasteiger partial charge in [0, 0.05) is 22.8 Å². The smallest absolute Gasteiger partial charge is 0.258 e. The number of hydrogen-bond donors (Lipinski definition) is 0. The van der Waals surface area contributed by atoms with Gasteiger partial charge in [-0.1, -0.05) is 119 Å². The molecular weight excluding hydrogens is 502 g/mol. The Hall–Kier alpha value is -3.82. The van der Waals surface area contributed by atoms with E-state index in [0.29, 0.717) is 11.1 Å². The summed E-state index contributed by atoms with van der Waals surface area (Å²) in [5.74, 6) is 12.7. The van der Waals surface area contributed by atoms with Crippen molar-refractivity contribution in [3.8, 4) is 23.7 Å². The van der Waals surface area contributed by atoms with E-state index in [1.807, 2.05) is 6.07 Å². The first-order chi connectivity index (χ1) is 18.6. The van der Waals surface area contributed by atoms with E-state index in [9.17, 15) is 10.1 Å². The van der Waals surface area contributed by atoms with Crippen LogP contribution < -0.4 is 0 Å². The fourth-order valence-electron chi connectivity index (χ4n) is 4.28. The molecule has 0 amide bonds. The van der Waals surface area contributed by atoms with Crippen molar-refractivity contribution in [1.82, 2.24) is 0 Å². The number of hydrogen-bond acceptors (Lipinski definition) is 2. The predicted molar refractivity (Wildman–Crippen MR) is 173 cm³/mol. The summed E-state index contributed by atoms with van der Waals surface area (Å²) in [6.07, 6.45) is 0. The van der Waals surface area contributed by atoms with Crippen molar-refractivity contribution in [3.63, 3.8) is 0 Å². The molecule has 0 aromatic heterocycles. The molecule has 3 aromatic carbocycles. The van der Waals surface area contributed by atoms with Gasteiger partial charge in [-0.25, -0.2) is 0 Å². The summed E-state index contributed by atoms with van der Waals surface area (Å²) < 4.78 is 0. The molecule has 3 aromatic rings. The average Bonchev–Trinajstić information content (AvgIpc) is 2.84. The summed E-state index contributed by atoms with van der Waals surface area (Å²) in [6, 6.07) is 18.0. The molecule has 41 heavy (non-hydrogen) atoms. The average molecular weight is 548 g/mol. The molecule has 0 aliphatic carbocycles. The Morgan fingerprint density at radius 2 is 0.829 bits per heavy atom. The first-order valence-corrected chi connectivity index (χ1v) is 14.3. The molecule has 0 unspecified atom stereocenters. The third-order valence-corrected chi connectivity index (χ3v) is 7.22. The van der Waals surface area contributed by atoms with Gasteiger partial charge in [0.1, 0.15) is 5.56 Å². The standard InChI is InChI=1S/C38H45NO2/c1-35(2,3)30-19-27(20-31(24-30)36(4,5)6)14-13-26-15-17-29(34(23-26)39(40)41)18-16-28-21-32(37(7,8)9)25-33(22-28)38(10,11)12/h15,17,19-25H,1-12H3. The number of rotatable bonds is 1. The van der Waals surface area contributed by atoms with Gasteiger partial charge in [0.25, 0.3) is 5.69 Å². The highest BCUT2D eigenvalue weighted by Gasteiger charge is 2.22. The van der Waals surface area contributed by atoms with E-state index < -0.39 is 0 Å². The van der Waals surface area contributed by atoms with Crippen LogP contribution in [0.4, 0.5) is 5.69 Å². The van der Waals surface area contributed by atoms with Crippen LogP contribution in [0.3, 0.4) is 0 Å². The normalized spacial score (nSPS) is 12.2. The summed E-state index contributed by atoms with van der Waals surface area (Å²) in [7, 11) is 0. The predicted octanol–water partition coefficient (Wildman–Crippen LogP) is 9.58. The van der Waals surface area contributed by atoms with Crippen molar-refractivity contribution in [3.05, 3.63) is 109 Å². The lowest BCUT2D eigenvalue weighted by Gasteiger charge is -2.25. The second-order valence-electron chi connectivity index (χ2n) is 15.1. The summed E-state index contributed by atoms with van der Waals surface area (Å²) in [5, 5.41) is 12.0. The molecule has 214 valence electrons. The van der Waals surface area contributed by atoms with Crippen molar-refractivity contribution >= 4 is 5.69 Å². The topological polar surface area (TPSA) is 43.1 Å². The Balaban J connectivity index is 2.06. The summed E-state index contributed by atoms with van der Waals surface area (Å²) >= 11 is 0. The van der Waals surface area contributed by atoms with Crippen molar-refractivity contribution < 1.29 is 4.92 Å². The van der Waals surface area contributed by atoms with Crippen LogP contribution in [0.1, 0.15) is 128 Å². The summed E-state index contributed by atoms with van der Waals surface area (Å²) in [4.78, 5) is 11.7. The highest BCUT2D eigenvalue weighted by atomic mass is 16.6. The number of nitrogens with zero attached hydrogens (tertiary/aromatic N) is 1. The minimum Gasteiger partial charge on any atom is -0.258 e. The zero-order valence-corrected chi connectivity index (χ0v) is 27.0. The molecule has 0 fully saturated rings. The lowest BCUT2D eigenvalue weighted by molar-refractivity contribution is -0.385. The molecule has 0 N–H and O–H groups in total. The number of nitro benzene ring substituents is 1. The molecule has 0 saturated heterocycles. The van der Waals surface area contributed by atoms with E-state index in [1.54, 1.807) is 6.07 Å². The van der Waals surface area contributed by atoms with Gasteiger partial charge in [-0.05, 0) is 80.3 Å². The van der Waals surface area contributed by atoms with E-state index in [1.165, 1.54) is 28.3 Å². The van der Waals surface area contributed by atoms with Gasteiger partial charge < -0.3 is 0 Å². The van der Waals surface area contributed by atoms with Gasteiger partial charge in [-0.3, -0.25) is 10.1 Å². The Bertz CT molecular complexity index is 1520. The van der Waals surface area contributed by atoms with Gasteiger partial charge in [0.2, 0.25) is 0 Å². The van der Waals surface area contributed by atoms with Gasteiger partial charge >= 0.3 is 0 Å². The Kier molecular flexibility index (Phi) is 8.67. The summed E-state index contributed by atoms with van der Waals surface area (Å²) in [6.45, 7) is 26.2. The highest BCUT2D eigenvalue weighted by Crippen LogP contribution is 2.31. The lowest BCUT2D eigenvalue weighted by Crippen LogP contribution is -2.16. The fourth-order valence-corrected chi connectivity index (χ4v) is 4.28. The van der Waals surface area contributed by atoms with E-state index in [0.717, 1.165) is 11.1 Å². The second-order valence-corrected chi connectivity index (χ2v) is 15.1. The zero-order chi connectivity index (χ0) is 31.0. The molecule has 0 spiro atoms. The Morgan fingerprint density at radius 1 is 0.488 bits per heavy atom. The maximum Gasteiger partial charge on any atom is 0.286 e. The van der Waals surface area contributed by atoms with Crippen LogP contribution in [0.2, 0.25) is 0 Å². The van der Waals surface area contributed by atoms with Crippen molar-refractivity contribution in [2.45, 2.75) is 105 Å². The summed E-state index contributed by atoms with van der Waals surface area (Å²) in [5.41, 5.74) is 7.41. The minimum absolute atomic E-state index is 0.0170. The molecule has 0 bridgehead atoms. The van der Waals surface area contributed by atoms with Crippen LogP contribution in [0.5, 0.6) is 0 Å². The van der Waals surface area contributed by atoms with Crippen LogP contribution in [0, 0.1) is 33.8 Å². The van der Waals surface area contributed by atoms with Crippen LogP contribution in [-0.4, -0.2) is 4.92 Å². The first-order valence-electron chi connectivity index (χ1n) is 14.3. The Morgan fingerprint density at radius 3 is 1.17 bits per heavy atom. The van der Waals surface area contributed by atoms with E-state index in [-0.39, 0.29) is 32.3 Å². The van der Waals surface area contributed by atoms with Crippen molar-refractivity contribution in [2.75, 3.05) is 0 Å². The maximum absolute atomic E-state index is 12.0. The molecule has 0 atom stereocenters. The minimum atomic E-state index is -0.376. The molecule has 0 saturated carbocycles. The van der Waals surface area contributed by atoms with E-state index in [2.05, 4.69) is 143 Å². The third kappa shape index (κ3) is 8.34. The van der Waals surface area contributed by atoms with Crippen LogP contribution in [0.15, 0.2) is 54.6 Å². The largest absolute Gasteiger partial charge is 0.286 e.